The minimum Gasteiger partial charge on any atom is -0.307 e. The van der Waals surface area contributed by atoms with Gasteiger partial charge in [-0.1, -0.05) is 111 Å². The van der Waals surface area contributed by atoms with E-state index in [1.54, 1.807) is 0 Å². The molecule has 4 nitrogen and oxygen atoms in total. The highest BCUT2D eigenvalue weighted by Crippen LogP contribution is 2.58. The SMILES string of the molecule is [3H]C.[C-]#[N+]C1=C[C@]2(C)c3nn(C)c(-c4ccccc4)c3CC[C@H]2C(Cc2ccccc2)(Cc2ccccc2)C1=O. The Labute approximate surface area is 233 Å². The number of nitrogens with zero attached hydrogens (tertiary/aromatic N) is 3. The number of hydrogen-bond acceptors (Lipinski definition) is 2. The van der Waals surface area contributed by atoms with Crippen LogP contribution in [0.25, 0.3) is 16.1 Å². The van der Waals surface area contributed by atoms with E-state index < -0.39 is 10.8 Å². The van der Waals surface area contributed by atoms with Crippen molar-refractivity contribution in [1.29, 1.82) is 0 Å². The molecule has 0 amide bonds. The zero-order valence-electron chi connectivity index (χ0n) is 23.9. The topological polar surface area (TPSA) is 39.2 Å². The lowest BCUT2D eigenvalue weighted by Crippen LogP contribution is -2.55. The van der Waals surface area contributed by atoms with Crippen LogP contribution in [0.5, 0.6) is 0 Å². The first kappa shape index (κ1) is 25.1. The fourth-order valence-corrected chi connectivity index (χ4v) is 7.20. The lowest BCUT2D eigenvalue weighted by atomic mass is 9.49. The van der Waals surface area contributed by atoms with Crippen LogP contribution in [0.2, 0.25) is 0 Å². The lowest BCUT2D eigenvalue weighted by Gasteiger charge is -2.53. The van der Waals surface area contributed by atoms with E-state index in [-0.39, 0.29) is 17.4 Å². The van der Waals surface area contributed by atoms with Crippen molar-refractivity contribution in [2.75, 3.05) is 0 Å². The third-order valence-corrected chi connectivity index (χ3v) is 8.74. The molecule has 0 bridgehead atoms. The second-order valence-electron chi connectivity index (χ2n) is 11.0. The van der Waals surface area contributed by atoms with Gasteiger partial charge in [0.2, 0.25) is 5.70 Å². The maximum absolute atomic E-state index is 14.4. The van der Waals surface area contributed by atoms with E-state index in [9.17, 15) is 4.79 Å². The Kier molecular flexibility index (Phi) is 6.53. The number of rotatable bonds is 5. The van der Waals surface area contributed by atoms with Crippen molar-refractivity contribution in [3.05, 3.63) is 137 Å². The predicted molar refractivity (Wildman–Crippen MR) is 157 cm³/mol. The molecule has 3 aromatic carbocycles. The third kappa shape index (κ3) is 4.23. The van der Waals surface area contributed by atoms with Crippen molar-refractivity contribution < 1.29 is 6.17 Å². The fraction of sp³-hybridized carbons (Fsp3) is 0.286. The molecule has 0 fully saturated rings. The summed E-state index contributed by atoms with van der Waals surface area (Å²) < 4.78 is 7.74. The molecule has 0 radical (unpaired) electrons. The van der Waals surface area contributed by atoms with Crippen molar-refractivity contribution in [3.8, 4) is 11.3 Å². The number of allylic oxidation sites excluding steroid dienone is 2. The molecule has 0 N–H and O–H groups in total. The van der Waals surface area contributed by atoms with Gasteiger partial charge in [-0.25, -0.2) is 4.85 Å². The van der Waals surface area contributed by atoms with Crippen LogP contribution in [0.4, 0.5) is 0 Å². The summed E-state index contributed by atoms with van der Waals surface area (Å²) in [6, 6.07) is 31.0. The van der Waals surface area contributed by atoms with E-state index >= 15 is 0 Å². The number of hydrogen-bond donors (Lipinski definition) is 0. The Bertz CT molecular complexity index is 1530. The van der Waals surface area contributed by atoms with E-state index in [1.807, 2.05) is 60.3 Å². The first-order chi connectivity index (χ1) is 19.5. The van der Waals surface area contributed by atoms with E-state index in [0.717, 1.165) is 40.9 Å². The minimum atomic E-state index is -0.742. The number of ketones is 1. The second-order valence-corrected chi connectivity index (χ2v) is 11.0. The summed E-state index contributed by atoms with van der Waals surface area (Å²) in [6.07, 6.45) is 4.86. The van der Waals surface area contributed by atoms with E-state index in [1.165, 1.54) is 13.0 Å². The van der Waals surface area contributed by atoms with Crippen molar-refractivity contribution in [2.45, 2.75) is 45.4 Å². The van der Waals surface area contributed by atoms with Crippen LogP contribution in [0, 0.1) is 17.9 Å². The van der Waals surface area contributed by atoms with Gasteiger partial charge >= 0.3 is 0 Å². The zero-order chi connectivity index (χ0) is 28.3. The van der Waals surface area contributed by atoms with Crippen molar-refractivity contribution in [2.24, 2.45) is 18.4 Å². The number of benzene rings is 3. The zero-order valence-corrected chi connectivity index (χ0v) is 22.9. The number of aromatic nitrogens is 2. The summed E-state index contributed by atoms with van der Waals surface area (Å²) in [5.74, 6) is -0.00946. The van der Waals surface area contributed by atoms with E-state index in [4.69, 9.17) is 13.0 Å². The number of Topliss-reactive ketones (excluding diaryl/α,β-unsaturated/α-hetero) is 1. The Balaban J connectivity index is 0.00000158. The monoisotopic (exact) mass is 515 g/mol. The van der Waals surface area contributed by atoms with Gasteiger partial charge in [-0.15, -0.1) is 0 Å². The summed E-state index contributed by atoms with van der Waals surface area (Å²) >= 11 is 0. The number of carbonyl (C=O) groups excluding carboxylic acids is 1. The average molecular weight is 516 g/mol. The van der Waals surface area contributed by atoms with Crippen LogP contribution < -0.4 is 0 Å². The molecule has 2 atom stereocenters. The molecule has 0 saturated carbocycles. The Hall–Kier alpha value is -4.23. The van der Waals surface area contributed by atoms with Crippen molar-refractivity contribution in [3.63, 3.8) is 0 Å². The van der Waals surface area contributed by atoms with Crippen LogP contribution in [0.3, 0.4) is 0 Å². The molecule has 2 aliphatic carbocycles. The van der Waals surface area contributed by atoms with Crippen molar-refractivity contribution in [1.82, 2.24) is 9.78 Å². The number of aryl methyl sites for hydroxylation is 1. The molecule has 0 aliphatic heterocycles. The van der Waals surface area contributed by atoms with Crippen LogP contribution in [0.15, 0.2) is 103 Å². The molecular weight excluding hydrogens is 478 g/mol. The van der Waals surface area contributed by atoms with Crippen LogP contribution in [-0.2, 0) is 36.5 Å². The lowest BCUT2D eigenvalue weighted by molar-refractivity contribution is -0.131. The van der Waals surface area contributed by atoms with Crippen LogP contribution in [-0.4, -0.2) is 15.6 Å². The summed E-state index contributed by atoms with van der Waals surface area (Å²) in [6.45, 7) is 10.2. The Morgan fingerprint density at radius 1 is 0.974 bits per heavy atom. The molecule has 196 valence electrons. The summed E-state index contributed by atoms with van der Waals surface area (Å²) in [5, 5.41) is 5.11. The van der Waals surface area contributed by atoms with Gasteiger partial charge in [-0.2, -0.15) is 5.10 Å². The molecule has 1 heterocycles. The Morgan fingerprint density at radius 3 is 2.05 bits per heavy atom. The van der Waals surface area contributed by atoms with Gasteiger partial charge < -0.3 is 4.79 Å². The molecule has 0 unspecified atom stereocenters. The van der Waals surface area contributed by atoms with Gasteiger partial charge in [0.25, 0.3) is 0 Å². The number of carbonyl (C=O) groups is 1. The molecule has 1 aromatic heterocycles. The second kappa shape index (κ2) is 10.2. The number of fused-ring (bicyclic) bond motifs is 3. The normalized spacial score (nSPS) is 21.3. The van der Waals surface area contributed by atoms with E-state index in [0.29, 0.717) is 12.8 Å². The van der Waals surface area contributed by atoms with Gasteiger partial charge in [-0.05, 0) is 42.7 Å². The van der Waals surface area contributed by atoms with Gasteiger partial charge in [0.1, 0.15) is 0 Å². The first-order valence-corrected chi connectivity index (χ1v) is 13.3. The smallest absolute Gasteiger partial charge is 0.226 e. The van der Waals surface area contributed by atoms with Gasteiger partial charge in [0.05, 0.1) is 18.0 Å². The highest BCUT2D eigenvalue weighted by Gasteiger charge is 2.59. The predicted octanol–water partition coefficient (Wildman–Crippen LogP) is 7.40. The third-order valence-electron chi connectivity index (χ3n) is 8.74. The first-order valence-electron chi connectivity index (χ1n) is 14.3. The minimum absolute atomic E-state index is 0.0134. The summed E-state index contributed by atoms with van der Waals surface area (Å²) in [7, 11) is 3.26. The summed E-state index contributed by atoms with van der Waals surface area (Å²) in [5.41, 5.74) is 5.75. The molecule has 4 heteroatoms. The van der Waals surface area contributed by atoms with Crippen LogP contribution >= 0.6 is 0 Å². The largest absolute Gasteiger partial charge is 0.307 e. The maximum atomic E-state index is 14.4. The molecule has 4 aromatic rings. The average Bonchev–Trinajstić information content (AvgIpc) is 3.34. The fourth-order valence-electron chi connectivity index (χ4n) is 7.20. The Morgan fingerprint density at radius 2 is 1.51 bits per heavy atom. The van der Waals surface area contributed by atoms with Crippen LogP contribution in [0.1, 0.15) is 44.5 Å². The maximum Gasteiger partial charge on any atom is 0.226 e. The van der Waals surface area contributed by atoms with Gasteiger partial charge in [-0.3, -0.25) is 4.68 Å². The highest BCUT2D eigenvalue weighted by molar-refractivity contribution is 6.03. The van der Waals surface area contributed by atoms with Gasteiger partial charge in [0.15, 0.2) is 5.78 Å². The molecule has 0 saturated heterocycles. The molecule has 6 rings (SSSR count). The van der Waals surface area contributed by atoms with Crippen molar-refractivity contribution >= 4 is 5.78 Å². The van der Waals surface area contributed by atoms with E-state index in [2.05, 4.69) is 60.3 Å². The highest BCUT2D eigenvalue weighted by atomic mass is 16.1. The quantitative estimate of drug-likeness (QED) is 0.260. The molecule has 0 spiro atoms. The summed E-state index contributed by atoms with van der Waals surface area (Å²) in [4.78, 5) is 18.2. The molecular formula is C35H35N3O. The standard InChI is InChI=1S/C34H31N3O.CH4/c1-33-23-28(35-2)32(38)34(21-24-13-7-4-8-14-24,22-25-15-9-5-10-16-25)29(33)20-19-27-30(37(3)36-31(27)33)26-17-11-6-12-18-26;/h4-18,23,29H,19-22H2,1,3H3;1H4/t29-,33+;/m1./s1/i;1T. The van der Waals surface area contributed by atoms with Gasteiger partial charge in [0, 0.05) is 30.4 Å². The molecule has 2 aliphatic rings. The molecule has 39 heavy (non-hydrogen) atoms.